The first kappa shape index (κ1) is 22.6. The number of aromatic nitrogens is 1. The Labute approximate surface area is 194 Å². The van der Waals surface area contributed by atoms with Crippen molar-refractivity contribution in [3.05, 3.63) is 59.7 Å². The molecule has 2 aromatic carbocycles. The molecule has 0 aliphatic carbocycles. The first-order valence-electron chi connectivity index (χ1n) is 11.3. The number of carboxylic acids is 1. The molecule has 1 amide bonds. The Kier molecular flexibility index (Phi) is 6.49. The number of carbonyl (C=O) groups is 2. The Morgan fingerprint density at radius 3 is 2.42 bits per heavy atom. The number of amides is 1. The van der Waals surface area contributed by atoms with Crippen molar-refractivity contribution in [3.8, 4) is 0 Å². The number of fused-ring (bicyclic) bond motifs is 1. The lowest BCUT2D eigenvalue weighted by Crippen LogP contribution is -2.46. The molecule has 7 nitrogen and oxygen atoms in total. The maximum Gasteiger partial charge on any atom is 0.336 e. The van der Waals surface area contributed by atoms with Gasteiger partial charge in [0.2, 0.25) is 5.91 Å². The average Bonchev–Trinajstić information content (AvgIpc) is 2.78. The van der Waals surface area contributed by atoms with Crippen molar-refractivity contribution < 1.29 is 14.7 Å². The van der Waals surface area contributed by atoms with Gasteiger partial charge in [0.15, 0.2) is 0 Å². The zero-order valence-electron chi connectivity index (χ0n) is 19.3. The molecule has 1 aliphatic heterocycles. The summed E-state index contributed by atoms with van der Waals surface area (Å²) in [6.07, 6.45) is 0.412. The number of nitrogens with zero attached hydrogens (tertiary/aromatic N) is 3. The highest BCUT2D eigenvalue weighted by atomic mass is 16.4. The molecule has 2 N–H and O–H groups in total. The van der Waals surface area contributed by atoms with Crippen LogP contribution in [0.5, 0.6) is 0 Å². The fourth-order valence-electron chi connectivity index (χ4n) is 4.23. The molecule has 0 unspecified atom stereocenters. The largest absolute Gasteiger partial charge is 0.478 e. The average molecular weight is 447 g/mol. The number of carboxylic acid groups (broad SMARTS) is 1. The second-order valence-electron chi connectivity index (χ2n) is 9.02. The highest BCUT2D eigenvalue weighted by Gasteiger charge is 2.21. The third-order valence-electron chi connectivity index (χ3n) is 5.87. The Hall–Kier alpha value is -3.61. The Balaban J connectivity index is 1.56. The van der Waals surface area contributed by atoms with Crippen molar-refractivity contribution in [2.24, 2.45) is 5.92 Å². The molecule has 0 spiro atoms. The number of pyridine rings is 1. The molecule has 1 aliphatic rings. The molecule has 0 radical (unpaired) electrons. The molecule has 2 heterocycles. The molecule has 0 saturated carbocycles. The molecule has 172 valence electrons. The van der Waals surface area contributed by atoms with Crippen LogP contribution in [0.3, 0.4) is 0 Å². The maximum atomic E-state index is 12.1. The monoisotopic (exact) mass is 446 g/mol. The van der Waals surface area contributed by atoms with Gasteiger partial charge < -0.3 is 20.2 Å². The van der Waals surface area contributed by atoms with Crippen LogP contribution in [-0.4, -0.2) is 48.1 Å². The van der Waals surface area contributed by atoms with Crippen LogP contribution in [0.25, 0.3) is 10.9 Å². The summed E-state index contributed by atoms with van der Waals surface area (Å²) in [5.74, 6) is -0.180. The van der Waals surface area contributed by atoms with Crippen molar-refractivity contribution in [2.45, 2.75) is 27.2 Å². The molecule has 3 aromatic rings. The Morgan fingerprint density at radius 1 is 1.03 bits per heavy atom. The second-order valence-corrected chi connectivity index (χ2v) is 9.02. The van der Waals surface area contributed by atoms with Crippen molar-refractivity contribution in [1.82, 2.24) is 4.98 Å². The summed E-state index contributed by atoms with van der Waals surface area (Å²) in [6, 6.07) is 15.4. The van der Waals surface area contributed by atoms with E-state index in [1.54, 1.807) is 24.3 Å². The van der Waals surface area contributed by atoms with Gasteiger partial charge in [0.05, 0.1) is 11.1 Å². The number of nitrogens with one attached hydrogen (secondary N) is 1. The lowest BCUT2D eigenvalue weighted by Gasteiger charge is -2.37. The molecular weight excluding hydrogens is 416 g/mol. The fourth-order valence-corrected chi connectivity index (χ4v) is 4.23. The molecule has 0 bridgehead atoms. The van der Waals surface area contributed by atoms with Crippen LogP contribution in [0.4, 0.5) is 17.2 Å². The SMILES string of the molecule is Cc1cccc(N2CCN(c3cc(C(=O)O)c4cc(NC(=O)CC(C)C)ccc4n3)CC2)c1. The zero-order chi connectivity index (χ0) is 23.5. The van der Waals surface area contributed by atoms with Crippen LogP contribution in [0.15, 0.2) is 48.5 Å². The third kappa shape index (κ3) is 5.25. The van der Waals surface area contributed by atoms with Gasteiger partial charge in [-0.25, -0.2) is 9.78 Å². The summed E-state index contributed by atoms with van der Waals surface area (Å²) in [5.41, 5.74) is 3.82. The van der Waals surface area contributed by atoms with Crippen LogP contribution in [-0.2, 0) is 4.79 Å². The van der Waals surface area contributed by atoms with Gasteiger partial charge in [-0.3, -0.25) is 4.79 Å². The first-order chi connectivity index (χ1) is 15.8. The predicted octanol–water partition coefficient (Wildman–Crippen LogP) is 4.55. The van der Waals surface area contributed by atoms with Gasteiger partial charge in [-0.2, -0.15) is 0 Å². The highest BCUT2D eigenvalue weighted by molar-refractivity contribution is 6.05. The smallest absolute Gasteiger partial charge is 0.336 e. The van der Waals surface area contributed by atoms with E-state index < -0.39 is 5.97 Å². The summed E-state index contributed by atoms with van der Waals surface area (Å²) in [6.45, 7) is 9.25. The van der Waals surface area contributed by atoms with E-state index in [0.29, 0.717) is 28.8 Å². The minimum absolute atomic E-state index is 0.0858. The number of piperazine rings is 1. The molecule has 33 heavy (non-hydrogen) atoms. The van der Waals surface area contributed by atoms with Gasteiger partial charge in [0.25, 0.3) is 0 Å². The number of hydrogen-bond acceptors (Lipinski definition) is 5. The van der Waals surface area contributed by atoms with Gasteiger partial charge in [-0.05, 0) is 54.8 Å². The summed E-state index contributed by atoms with van der Waals surface area (Å²) in [4.78, 5) is 33.4. The van der Waals surface area contributed by atoms with E-state index in [1.807, 2.05) is 13.8 Å². The summed E-state index contributed by atoms with van der Waals surface area (Å²) in [7, 11) is 0. The van der Waals surface area contributed by atoms with E-state index in [-0.39, 0.29) is 17.4 Å². The summed E-state index contributed by atoms with van der Waals surface area (Å²) in [5, 5.41) is 13.3. The minimum atomic E-state index is -1.01. The van der Waals surface area contributed by atoms with Crippen LogP contribution in [0.1, 0.15) is 36.2 Å². The number of rotatable bonds is 6. The van der Waals surface area contributed by atoms with Gasteiger partial charge in [0, 0.05) is 49.4 Å². The topological polar surface area (TPSA) is 85.8 Å². The van der Waals surface area contributed by atoms with E-state index in [9.17, 15) is 14.7 Å². The lowest BCUT2D eigenvalue weighted by atomic mass is 10.1. The number of aromatic carboxylic acids is 1. The van der Waals surface area contributed by atoms with E-state index in [2.05, 4.69) is 46.3 Å². The molecule has 7 heteroatoms. The third-order valence-corrected chi connectivity index (χ3v) is 5.87. The minimum Gasteiger partial charge on any atom is -0.478 e. The Bertz CT molecular complexity index is 1180. The van der Waals surface area contributed by atoms with Crippen LogP contribution >= 0.6 is 0 Å². The standard InChI is InChI=1S/C26H30N4O3/c1-17(2)13-25(31)27-19-7-8-23-21(15-19)22(26(32)33)16-24(28-23)30-11-9-29(10-12-30)20-6-4-5-18(3)14-20/h4-8,14-17H,9-13H2,1-3H3,(H,27,31)(H,32,33). The van der Waals surface area contributed by atoms with E-state index >= 15 is 0 Å². The number of benzene rings is 2. The fraction of sp³-hybridized carbons (Fsp3) is 0.346. The van der Waals surface area contributed by atoms with E-state index in [0.717, 1.165) is 26.2 Å². The Morgan fingerprint density at radius 2 is 1.76 bits per heavy atom. The van der Waals surface area contributed by atoms with Gasteiger partial charge >= 0.3 is 5.97 Å². The van der Waals surface area contributed by atoms with Gasteiger partial charge in [-0.15, -0.1) is 0 Å². The molecule has 1 aromatic heterocycles. The molecule has 0 atom stereocenters. The highest BCUT2D eigenvalue weighted by Crippen LogP contribution is 2.28. The van der Waals surface area contributed by atoms with Crippen molar-refractivity contribution >= 4 is 40.0 Å². The van der Waals surface area contributed by atoms with Gasteiger partial charge in [0.1, 0.15) is 5.82 Å². The van der Waals surface area contributed by atoms with Crippen LogP contribution < -0.4 is 15.1 Å². The summed E-state index contributed by atoms with van der Waals surface area (Å²) < 4.78 is 0. The lowest BCUT2D eigenvalue weighted by molar-refractivity contribution is -0.116. The molecule has 1 fully saturated rings. The van der Waals surface area contributed by atoms with Crippen LogP contribution in [0.2, 0.25) is 0 Å². The number of carbonyl (C=O) groups excluding carboxylic acids is 1. The van der Waals surface area contributed by atoms with E-state index in [1.165, 1.54) is 11.3 Å². The number of aryl methyl sites for hydroxylation is 1. The molecule has 4 rings (SSSR count). The number of hydrogen-bond donors (Lipinski definition) is 2. The quantitative estimate of drug-likeness (QED) is 0.578. The van der Waals surface area contributed by atoms with Crippen molar-refractivity contribution in [2.75, 3.05) is 41.3 Å². The predicted molar refractivity (Wildman–Crippen MR) is 132 cm³/mol. The first-order valence-corrected chi connectivity index (χ1v) is 11.3. The molecule has 1 saturated heterocycles. The second kappa shape index (κ2) is 9.48. The number of anilines is 3. The van der Waals surface area contributed by atoms with E-state index in [4.69, 9.17) is 4.98 Å². The zero-order valence-corrected chi connectivity index (χ0v) is 19.3. The summed E-state index contributed by atoms with van der Waals surface area (Å²) >= 11 is 0. The molecular formula is C26H30N4O3. The normalized spacial score (nSPS) is 14.1. The van der Waals surface area contributed by atoms with Crippen molar-refractivity contribution in [3.63, 3.8) is 0 Å². The van der Waals surface area contributed by atoms with Crippen molar-refractivity contribution in [1.29, 1.82) is 0 Å². The van der Waals surface area contributed by atoms with Crippen LogP contribution in [0, 0.1) is 12.8 Å². The van der Waals surface area contributed by atoms with Gasteiger partial charge in [-0.1, -0.05) is 26.0 Å². The maximum absolute atomic E-state index is 12.1.